The molecule has 26 heavy (non-hydrogen) atoms. The monoisotopic (exact) mass is 428 g/mol. The van der Waals surface area contributed by atoms with Gasteiger partial charge in [-0.15, -0.1) is 0 Å². The van der Waals surface area contributed by atoms with Gasteiger partial charge in [0.1, 0.15) is 0 Å². The van der Waals surface area contributed by atoms with Crippen LogP contribution in [0.5, 0.6) is 0 Å². The van der Waals surface area contributed by atoms with E-state index in [9.17, 15) is 14.4 Å². The van der Waals surface area contributed by atoms with Crippen LogP contribution in [0.3, 0.4) is 0 Å². The highest BCUT2D eigenvalue weighted by molar-refractivity contribution is 9.10. The van der Waals surface area contributed by atoms with E-state index in [4.69, 9.17) is 0 Å². The van der Waals surface area contributed by atoms with Crippen molar-refractivity contribution in [3.8, 4) is 0 Å². The van der Waals surface area contributed by atoms with Crippen molar-refractivity contribution in [1.29, 1.82) is 0 Å². The molecule has 2 aliphatic heterocycles. The first-order valence-electron chi connectivity index (χ1n) is 7.87. The first kappa shape index (κ1) is 17.1. The first-order chi connectivity index (χ1) is 12.5. The molecule has 0 N–H and O–H groups in total. The lowest BCUT2D eigenvalue weighted by Gasteiger charge is -2.12. The molecule has 130 valence electrons. The standard InChI is InChI=1S/C19H13BrN2O3S/c1-21-14-8-7-12(20)9-13(14)15(17(21)23)16-18(24)22(19(25)26-16)10-11-5-3-2-4-6-11/h2-9H,10H2,1H3/b16-15-. The molecule has 4 rings (SSSR count). The molecule has 1 saturated heterocycles. The van der Waals surface area contributed by atoms with Crippen LogP contribution in [-0.2, 0) is 16.1 Å². The molecule has 0 unspecified atom stereocenters. The van der Waals surface area contributed by atoms with E-state index in [-0.39, 0.29) is 22.6 Å². The molecule has 2 heterocycles. The molecule has 0 saturated carbocycles. The predicted octanol–water partition coefficient (Wildman–Crippen LogP) is 4.03. The second-order valence-corrected chi connectivity index (χ2v) is 7.85. The van der Waals surface area contributed by atoms with E-state index < -0.39 is 5.91 Å². The number of hydrogen-bond acceptors (Lipinski definition) is 4. The number of rotatable bonds is 2. The second-order valence-electron chi connectivity index (χ2n) is 5.97. The van der Waals surface area contributed by atoms with E-state index >= 15 is 0 Å². The van der Waals surface area contributed by atoms with Crippen molar-refractivity contribution >= 4 is 56.0 Å². The Morgan fingerprint density at radius 1 is 1.00 bits per heavy atom. The van der Waals surface area contributed by atoms with Crippen molar-refractivity contribution in [2.75, 3.05) is 11.9 Å². The van der Waals surface area contributed by atoms with E-state index in [0.29, 0.717) is 11.1 Å². The zero-order valence-corrected chi connectivity index (χ0v) is 16.1. The minimum atomic E-state index is -0.423. The third-order valence-corrected chi connectivity index (χ3v) is 5.84. The van der Waals surface area contributed by atoms with E-state index in [1.54, 1.807) is 13.1 Å². The van der Waals surface area contributed by atoms with Gasteiger partial charge in [0, 0.05) is 17.1 Å². The van der Waals surface area contributed by atoms with Gasteiger partial charge in [0.2, 0.25) is 0 Å². The lowest BCUT2D eigenvalue weighted by molar-refractivity contribution is -0.123. The maximum Gasteiger partial charge on any atom is 0.293 e. The molecule has 0 aromatic heterocycles. The largest absolute Gasteiger partial charge is 0.311 e. The first-order valence-corrected chi connectivity index (χ1v) is 9.48. The third kappa shape index (κ3) is 2.68. The Kier molecular flexibility index (Phi) is 4.20. The topological polar surface area (TPSA) is 57.7 Å². The number of halogens is 1. The Labute approximate surface area is 162 Å². The van der Waals surface area contributed by atoms with Crippen LogP contribution < -0.4 is 4.90 Å². The molecule has 0 bridgehead atoms. The van der Waals surface area contributed by atoms with Crippen LogP contribution in [0.2, 0.25) is 0 Å². The molecule has 2 aromatic carbocycles. The number of hydrogen-bond donors (Lipinski definition) is 0. The number of thioether (sulfide) groups is 1. The molecular weight excluding hydrogens is 416 g/mol. The number of carbonyl (C=O) groups excluding carboxylic acids is 3. The SMILES string of the molecule is CN1C(=O)/C(=C2\SC(=O)N(Cc3ccccc3)C2=O)c2cc(Br)ccc21. The average molecular weight is 429 g/mol. The number of anilines is 1. The fraction of sp³-hybridized carbons (Fsp3) is 0.105. The summed E-state index contributed by atoms with van der Waals surface area (Å²) in [5.74, 6) is -0.697. The van der Waals surface area contributed by atoms with Crippen molar-refractivity contribution in [3.63, 3.8) is 0 Å². The maximum atomic E-state index is 12.9. The number of benzene rings is 2. The van der Waals surface area contributed by atoms with Gasteiger partial charge in [0.15, 0.2) is 0 Å². The van der Waals surface area contributed by atoms with Gasteiger partial charge in [-0.2, -0.15) is 0 Å². The normalized spacial score (nSPS) is 19.5. The molecule has 7 heteroatoms. The highest BCUT2D eigenvalue weighted by Gasteiger charge is 2.42. The summed E-state index contributed by atoms with van der Waals surface area (Å²) in [6.07, 6.45) is 0. The summed E-state index contributed by atoms with van der Waals surface area (Å²) in [6.45, 7) is 0.192. The summed E-state index contributed by atoms with van der Waals surface area (Å²) in [7, 11) is 1.66. The number of amides is 3. The van der Waals surface area contributed by atoms with Gasteiger partial charge in [-0.1, -0.05) is 46.3 Å². The van der Waals surface area contributed by atoms with Crippen molar-refractivity contribution in [1.82, 2.24) is 4.90 Å². The molecular formula is C19H13BrN2O3S. The Balaban J connectivity index is 1.77. The zero-order valence-electron chi connectivity index (χ0n) is 13.7. The minimum absolute atomic E-state index is 0.192. The van der Waals surface area contributed by atoms with Crippen molar-refractivity contribution in [2.45, 2.75) is 6.54 Å². The van der Waals surface area contributed by atoms with Crippen LogP contribution in [0, 0.1) is 0 Å². The molecule has 0 atom stereocenters. The van der Waals surface area contributed by atoms with E-state index in [0.717, 1.165) is 27.5 Å². The smallest absolute Gasteiger partial charge is 0.293 e. The van der Waals surface area contributed by atoms with Gasteiger partial charge in [0.25, 0.3) is 17.1 Å². The average Bonchev–Trinajstić information content (AvgIpc) is 3.03. The zero-order chi connectivity index (χ0) is 18.4. The predicted molar refractivity (Wildman–Crippen MR) is 104 cm³/mol. The summed E-state index contributed by atoms with van der Waals surface area (Å²) in [5, 5.41) is -0.361. The number of carbonyl (C=O) groups is 3. The fourth-order valence-electron chi connectivity index (χ4n) is 3.06. The van der Waals surface area contributed by atoms with Gasteiger partial charge in [-0.3, -0.25) is 19.3 Å². The summed E-state index contributed by atoms with van der Waals surface area (Å²) in [5.41, 5.74) is 2.54. The Morgan fingerprint density at radius 3 is 2.46 bits per heavy atom. The second kappa shape index (κ2) is 6.41. The summed E-state index contributed by atoms with van der Waals surface area (Å²) < 4.78 is 0.806. The Morgan fingerprint density at radius 2 is 1.73 bits per heavy atom. The fourth-order valence-corrected chi connectivity index (χ4v) is 4.35. The molecule has 0 spiro atoms. The van der Waals surface area contributed by atoms with Crippen LogP contribution in [0.1, 0.15) is 11.1 Å². The molecule has 3 amide bonds. The van der Waals surface area contributed by atoms with Gasteiger partial charge in [-0.25, -0.2) is 0 Å². The molecule has 2 aliphatic rings. The molecule has 1 fully saturated rings. The highest BCUT2D eigenvalue weighted by Crippen LogP contribution is 2.44. The molecule has 5 nitrogen and oxygen atoms in total. The molecule has 0 aliphatic carbocycles. The van der Waals surface area contributed by atoms with Crippen molar-refractivity contribution in [2.24, 2.45) is 0 Å². The minimum Gasteiger partial charge on any atom is -0.311 e. The summed E-state index contributed by atoms with van der Waals surface area (Å²) in [4.78, 5) is 40.9. The van der Waals surface area contributed by atoms with E-state index in [1.165, 1.54) is 9.80 Å². The van der Waals surface area contributed by atoms with E-state index in [2.05, 4.69) is 15.9 Å². The Bertz CT molecular complexity index is 988. The van der Waals surface area contributed by atoms with Crippen LogP contribution in [-0.4, -0.2) is 29.0 Å². The number of nitrogens with zero attached hydrogens (tertiary/aromatic N) is 2. The number of likely N-dealkylation sites (N-methyl/N-ethyl adjacent to an activating group) is 1. The Hall–Kier alpha value is -2.38. The van der Waals surface area contributed by atoms with Crippen LogP contribution in [0.15, 0.2) is 57.9 Å². The van der Waals surface area contributed by atoms with Gasteiger partial charge in [-0.05, 0) is 35.5 Å². The molecule has 0 radical (unpaired) electrons. The number of fused-ring (bicyclic) bond motifs is 1. The lowest BCUT2D eigenvalue weighted by Crippen LogP contribution is -2.28. The van der Waals surface area contributed by atoms with Crippen molar-refractivity contribution < 1.29 is 14.4 Å². The summed E-state index contributed by atoms with van der Waals surface area (Å²) >= 11 is 4.23. The van der Waals surface area contributed by atoms with Gasteiger partial charge >= 0.3 is 0 Å². The molecule has 2 aromatic rings. The van der Waals surface area contributed by atoms with Crippen LogP contribution in [0.25, 0.3) is 5.57 Å². The maximum absolute atomic E-state index is 12.9. The lowest BCUT2D eigenvalue weighted by atomic mass is 10.1. The third-order valence-electron chi connectivity index (χ3n) is 4.37. The van der Waals surface area contributed by atoms with Crippen LogP contribution >= 0.6 is 27.7 Å². The quantitative estimate of drug-likeness (QED) is 0.677. The van der Waals surface area contributed by atoms with Gasteiger partial charge in [0.05, 0.1) is 22.7 Å². The van der Waals surface area contributed by atoms with Crippen molar-refractivity contribution in [3.05, 3.63) is 69.0 Å². The van der Waals surface area contributed by atoms with E-state index in [1.807, 2.05) is 42.5 Å². The van der Waals surface area contributed by atoms with Gasteiger partial charge < -0.3 is 4.90 Å². The summed E-state index contributed by atoms with van der Waals surface area (Å²) in [6, 6.07) is 14.8. The number of imide groups is 1. The van der Waals surface area contributed by atoms with Crippen LogP contribution in [0.4, 0.5) is 10.5 Å². The highest BCUT2D eigenvalue weighted by atomic mass is 79.9.